The molecular weight excluding hydrogens is 414 g/mol. The standard InChI is InChI=1S/C27H41N3O3/c1-6-30(7-2)15-17-32-23-11-8-10-22(18-23)27-24-20-26(33-16-9-14-29(3)4)25(31-5)19-21(24)12-13-28-27/h8,10-11,18-20,27-28H,6-7,9,12-17H2,1-5H3. The second-order valence-corrected chi connectivity index (χ2v) is 8.79. The van der Waals surface area contributed by atoms with Crippen molar-refractivity contribution in [2.75, 3.05) is 67.1 Å². The van der Waals surface area contributed by atoms with Crippen molar-refractivity contribution < 1.29 is 14.2 Å². The van der Waals surface area contributed by atoms with Crippen molar-refractivity contribution in [1.82, 2.24) is 15.1 Å². The highest BCUT2D eigenvalue weighted by Gasteiger charge is 2.24. The molecule has 0 spiro atoms. The molecule has 6 nitrogen and oxygen atoms in total. The smallest absolute Gasteiger partial charge is 0.161 e. The number of benzene rings is 2. The molecule has 0 aliphatic carbocycles. The van der Waals surface area contributed by atoms with E-state index < -0.39 is 0 Å². The number of nitrogens with zero attached hydrogens (tertiary/aromatic N) is 2. The van der Waals surface area contributed by atoms with E-state index in [9.17, 15) is 0 Å². The van der Waals surface area contributed by atoms with Crippen LogP contribution in [0.15, 0.2) is 36.4 Å². The Morgan fingerprint density at radius 1 is 0.970 bits per heavy atom. The summed E-state index contributed by atoms with van der Waals surface area (Å²) in [5.74, 6) is 2.55. The van der Waals surface area contributed by atoms with Crippen LogP contribution in [-0.2, 0) is 6.42 Å². The maximum Gasteiger partial charge on any atom is 0.161 e. The van der Waals surface area contributed by atoms with Crippen LogP contribution in [0.4, 0.5) is 0 Å². The van der Waals surface area contributed by atoms with Crippen molar-refractivity contribution in [2.45, 2.75) is 32.7 Å². The fraction of sp³-hybridized carbons (Fsp3) is 0.556. The van der Waals surface area contributed by atoms with Gasteiger partial charge < -0.3 is 29.3 Å². The quantitative estimate of drug-likeness (QED) is 0.461. The number of methoxy groups -OCH3 is 1. The van der Waals surface area contributed by atoms with Crippen LogP contribution in [0, 0.1) is 0 Å². The van der Waals surface area contributed by atoms with Gasteiger partial charge in [-0.05, 0) is 81.0 Å². The lowest BCUT2D eigenvalue weighted by atomic mass is 9.89. The third kappa shape index (κ3) is 7.10. The predicted octanol–water partition coefficient (Wildman–Crippen LogP) is 3.98. The minimum Gasteiger partial charge on any atom is -0.493 e. The molecule has 6 heteroatoms. The first kappa shape index (κ1) is 25.3. The van der Waals surface area contributed by atoms with E-state index in [0.717, 1.165) is 62.8 Å². The molecule has 0 aromatic heterocycles. The fourth-order valence-electron chi connectivity index (χ4n) is 4.31. The molecular formula is C27H41N3O3. The summed E-state index contributed by atoms with van der Waals surface area (Å²) in [6.07, 6.45) is 1.95. The first-order valence-corrected chi connectivity index (χ1v) is 12.2. The van der Waals surface area contributed by atoms with Crippen LogP contribution in [0.2, 0.25) is 0 Å². The average molecular weight is 456 g/mol. The Hall–Kier alpha value is -2.28. The normalized spacial score (nSPS) is 15.5. The Morgan fingerprint density at radius 3 is 2.52 bits per heavy atom. The predicted molar refractivity (Wildman–Crippen MR) is 135 cm³/mol. The average Bonchev–Trinajstić information content (AvgIpc) is 2.83. The van der Waals surface area contributed by atoms with Crippen molar-refractivity contribution in [3.63, 3.8) is 0 Å². The lowest BCUT2D eigenvalue weighted by Crippen LogP contribution is -2.30. The van der Waals surface area contributed by atoms with Gasteiger partial charge in [-0.15, -0.1) is 0 Å². The molecule has 1 aliphatic rings. The van der Waals surface area contributed by atoms with Crippen LogP contribution in [0.1, 0.15) is 43.0 Å². The fourth-order valence-corrected chi connectivity index (χ4v) is 4.31. The molecule has 1 atom stereocenters. The van der Waals surface area contributed by atoms with Crippen LogP contribution < -0.4 is 19.5 Å². The first-order valence-electron chi connectivity index (χ1n) is 12.2. The maximum absolute atomic E-state index is 6.14. The zero-order valence-corrected chi connectivity index (χ0v) is 21.0. The van der Waals surface area contributed by atoms with E-state index in [1.807, 2.05) is 6.07 Å². The van der Waals surface area contributed by atoms with Crippen molar-refractivity contribution in [1.29, 1.82) is 0 Å². The summed E-state index contributed by atoms with van der Waals surface area (Å²) < 4.78 is 17.9. The Kier molecular flexibility index (Phi) is 9.85. The van der Waals surface area contributed by atoms with Gasteiger partial charge in [0.15, 0.2) is 11.5 Å². The van der Waals surface area contributed by atoms with E-state index in [2.05, 4.69) is 73.4 Å². The molecule has 1 unspecified atom stereocenters. The van der Waals surface area contributed by atoms with E-state index >= 15 is 0 Å². The Morgan fingerprint density at radius 2 is 1.79 bits per heavy atom. The van der Waals surface area contributed by atoms with Gasteiger partial charge in [0.25, 0.3) is 0 Å². The van der Waals surface area contributed by atoms with Crippen LogP contribution in [0.5, 0.6) is 17.2 Å². The number of nitrogens with one attached hydrogen (secondary N) is 1. The number of likely N-dealkylation sites (N-methyl/N-ethyl adjacent to an activating group) is 1. The zero-order valence-electron chi connectivity index (χ0n) is 21.0. The van der Waals surface area contributed by atoms with Gasteiger partial charge in [0.1, 0.15) is 12.4 Å². The molecule has 1 heterocycles. The van der Waals surface area contributed by atoms with Gasteiger partial charge in [0, 0.05) is 19.6 Å². The van der Waals surface area contributed by atoms with Gasteiger partial charge >= 0.3 is 0 Å². The molecule has 182 valence electrons. The van der Waals surface area contributed by atoms with Gasteiger partial charge in [0.05, 0.1) is 19.8 Å². The zero-order chi connectivity index (χ0) is 23.6. The number of hydrogen-bond donors (Lipinski definition) is 1. The maximum atomic E-state index is 6.14. The highest BCUT2D eigenvalue weighted by atomic mass is 16.5. The van der Waals surface area contributed by atoms with Gasteiger partial charge in [-0.3, -0.25) is 0 Å². The summed E-state index contributed by atoms with van der Waals surface area (Å²) in [5, 5.41) is 3.69. The minimum atomic E-state index is 0.107. The molecule has 0 saturated carbocycles. The monoisotopic (exact) mass is 455 g/mol. The number of hydrogen-bond acceptors (Lipinski definition) is 6. The van der Waals surface area contributed by atoms with Crippen molar-refractivity contribution >= 4 is 0 Å². The number of ether oxygens (including phenoxy) is 3. The molecule has 1 aliphatic heterocycles. The van der Waals surface area contributed by atoms with Crippen LogP contribution >= 0.6 is 0 Å². The SMILES string of the molecule is CCN(CC)CCOc1cccc(C2NCCc3cc(OC)c(OCCCN(C)C)cc32)c1. The second kappa shape index (κ2) is 12.8. The number of fused-ring (bicyclic) bond motifs is 1. The third-order valence-corrected chi connectivity index (χ3v) is 6.25. The van der Waals surface area contributed by atoms with Crippen molar-refractivity contribution in [3.05, 3.63) is 53.1 Å². The summed E-state index contributed by atoms with van der Waals surface area (Å²) in [7, 11) is 5.88. The molecule has 2 aromatic carbocycles. The third-order valence-electron chi connectivity index (χ3n) is 6.25. The Labute approximate surface area is 199 Å². The summed E-state index contributed by atoms with van der Waals surface area (Å²) in [6, 6.07) is 12.9. The largest absolute Gasteiger partial charge is 0.493 e. The van der Waals surface area contributed by atoms with Gasteiger partial charge in [-0.1, -0.05) is 26.0 Å². The molecule has 0 saturated heterocycles. The highest BCUT2D eigenvalue weighted by molar-refractivity contribution is 5.52. The lowest BCUT2D eigenvalue weighted by Gasteiger charge is -2.29. The van der Waals surface area contributed by atoms with Crippen LogP contribution in [0.25, 0.3) is 0 Å². The Bertz CT molecular complexity index is 868. The van der Waals surface area contributed by atoms with E-state index in [4.69, 9.17) is 14.2 Å². The van der Waals surface area contributed by atoms with Gasteiger partial charge in [-0.2, -0.15) is 0 Å². The number of rotatable bonds is 13. The molecule has 2 aromatic rings. The summed E-state index contributed by atoms with van der Waals surface area (Å²) in [5.41, 5.74) is 3.77. The first-order chi connectivity index (χ1) is 16.0. The summed E-state index contributed by atoms with van der Waals surface area (Å²) >= 11 is 0. The molecule has 33 heavy (non-hydrogen) atoms. The van der Waals surface area contributed by atoms with Gasteiger partial charge in [0.2, 0.25) is 0 Å². The highest BCUT2D eigenvalue weighted by Crippen LogP contribution is 2.38. The summed E-state index contributed by atoms with van der Waals surface area (Å²) in [4.78, 5) is 4.54. The van der Waals surface area contributed by atoms with E-state index in [-0.39, 0.29) is 6.04 Å². The molecule has 3 rings (SSSR count). The van der Waals surface area contributed by atoms with Crippen molar-refractivity contribution in [3.8, 4) is 17.2 Å². The van der Waals surface area contributed by atoms with Gasteiger partial charge in [-0.25, -0.2) is 0 Å². The van der Waals surface area contributed by atoms with Crippen LogP contribution in [0.3, 0.4) is 0 Å². The second-order valence-electron chi connectivity index (χ2n) is 8.79. The molecule has 1 N–H and O–H groups in total. The lowest BCUT2D eigenvalue weighted by molar-refractivity contribution is 0.222. The van der Waals surface area contributed by atoms with E-state index in [1.165, 1.54) is 16.7 Å². The van der Waals surface area contributed by atoms with Crippen molar-refractivity contribution in [2.24, 2.45) is 0 Å². The summed E-state index contributed by atoms with van der Waals surface area (Å²) in [6.45, 7) is 10.7. The molecule has 0 bridgehead atoms. The molecule has 0 amide bonds. The van der Waals surface area contributed by atoms with E-state index in [1.54, 1.807) is 7.11 Å². The van der Waals surface area contributed by atoms with E-state index in [0.29, 0.717) is 13.2 Å². The minimum absolute atomic E-state index is 0.107. The molecule has 0 radical (unpaired) electrons. The Balaban J connectivity index is 1.76. The van der Waals surface area contributed by atoms with Crippen LogP contribution in [-0.4, -0.2) is 76.9 Å². The topological polar surface area (TPSA) is 46.2 Å². The molecule has 0 fully saturated rings.